The van der Waals surface area contributed by atoms with Gasteiger partial charge in [0.2, 0.25) is 5.91 Å². The van der Waals surface area contributed by atoms with Gasteiger partial charge in [-0.3, -0.25) is 13.8 Å². The number of ether oxygens (including phenoxy) is 1. The molecule has 192 valence electrons. The molecule has 1 heterocycles. The normalized spacial score (nSPS) is 19.1. The number of carboxylic acids is 1. The summed E-state index contributed by atoms with van der Waals surface area (Å²) in [4.78, 5) is 23.6. The summed E-state index contributed by atoms with van der Waals surface area (Å²) in [6.07, 6.45) is 2.22. The van der Waals surface area contributed by atoms with E-state index >= 15 is 0 Å². The minimum Gasteiger partial charge on any atom is -0.481 e. The fourth-order valence-corrected chi connectivity index (χ4v) is 5.07. The van der Waals surface area contributed by atoms with E-state index in [1.54, 1.807) is 0 Å². The standard InChI is InChI=1S/C18H24ClNO3S.C6H5Cl.C2H4O2/c1-12(2)24(22)11-17(14-3-4-14)20-16(9-23-10-18(20)21)13-5-7-15(19)8-6-13;7-6-4-2-1-3-5-6;1-2(3)4/h5-8,12,14,16-17H,3-4,9-11H2,1-2H3;1-5H;1H3,(H,3,4). The first-order valence-corrected chi connectivity index (χ1v) is 13.7. The topological polar surface area (TPSA) is 83.9 Å². The van der Waals surface area contributed by atoms with Gasteiger partial charge in [-0.15, -0.1) is 0 Å². The van der Waals surface area contributed by atoms with Gasteiger partial charge in [0.1, 0.15) is 6.61 Å². The number of carboxylic acid groups (broad SMARTS) is 1. The lowest BCUT2D eigenvalue weighted by atomic mass is 10.0. The van der Waals surface area contributed by atoms with Gasteiger partial charge in [0.15, 0.2) is 0 Å². The van der Waals surface area contributed by atoms with Crippen molar-refractivity contribution in [3.05, 3.63) is 70.2 Å². The van der Waals surface area contributed by atoms with Crippen LogP contribution in [-0.2, 0) is 25.1 Å². The van der Waals surface area contributed by atoms with Crippen molar-refractivity contribution in [2.45, 2.75) is 50.9 Å². The number of aliphatic carboxylic acids is 1. The summed E-state index contributed by atoms with van der Waals surface area (Å²) in [6.45, 7) is 5.61. The van der Waals surface area contributed by atoms with Crippen LogP contribution in [0.4, 0.5) is 0 Å². The molecular formula is C26H33Cl2NO5S. The summed E-state index contributed by atoms with van der Waals surface area (Å²) in [5.74, 6) is 0.182. The van der Waals surface area contributed by atoms with Crippen LogP contribution in [0.5, 0.6) is 0 Å². The molecular weight excluding hydrogens is 509 g/mol. The molecule has 0 aromatic heterocycles. The van der Waals surface area contributed by atoms with Crippen molar-refractivity contribution < 1.29 is 23.6 Å². The quantitative estimate of drug-likeness (QED) is 0.513. The van der Waals surface area contributed by atoms with Crippen molar-refractivity contribution in [3.63, 3.8) is 0 Å². The third kappa shape index (κ3) is 10.3. The minimum atomic E-state index is -0.930. The largest absolute Gasteiger partial charge is 0.481 e. The second kappa shape index (κ2) is 14.6. The Kier molecular flexibility index (Phi) is 12.2. The van der Waals surface area contributed by atoms with Crippen molar-refractivity contribution in [2.75, 3.05) is 19.0 Å². The van der Waals surface area contributed by atoms with E-state index in [1.165, 1.54) is 0 Å². The van der Waals surface area contributed by atoms with Crippen LogP contribution in [0.25, 0.3) is 0 Å². The Morgan fingerprint density at radius 3 is 2.09 bits per heavy atom. The number of carbonyl (C=O) groups is 2. The zero-order valence-corrected chi connectivity index (χ0v) is 22.6. The first kappa shape index (κ1) is 29.3. The van der Waals surface area contributed by atoms with E-state index in [-0.39, 0.29) is 29.8 Å². The summed E-state index contributed by atoms with van der Waals surface area (Å²) < 4.78 is 18.0. The van der Waals surface area contributed by atoms with Crippen LogP contribution >= 0.6 is 23.2 Å². The highest BCUT2D eigenvalue weighted by atomic mass is 35.5. The van der Waals surface area contributed by atoms with Gasteiger partial charge in [0, 0.05) is 44.8 Å². The highest BCUT2D eigenvalue weighted by Gasteiger charge is 2.43. The molecule has 1 saturated carbocycles. The van der Waals surface area contributed by atoms with E-state index in [0.29, 0.717) is 23.3 Å². The van der Waals surface area contributed by atoms with Crippen LogP contribution in [0, 0.1) is 5.92 Å². The second-order valence-corrected chi connectivity index (χ2v) is 11.6. The first-order valence-electron chi connectivity index (χ1n) is 11.5. The number of amides is 1. The number of carbonyl (C=O) groups excluding carboxylic acids is 1. The molecule has 2 aromatic rings. The lowest BCUT2D eigenvalue weighted by molar-refractivity contribution is -0.152. The average Bonchev–Trinajstić information content (AvgIpc) is 3.64. The summed E-state index contributed by atoms with van der Waals surface area (Å²) in [7, 11) is -0.930. The van der Waals surface area contributed by atoms with Crippen LogP contribution < -0.4 is 0 Å². The smallest absolute Gasteiger partial charge is 0.300 e. The molecule has 0 bridgehead atoms. The van der Waals surface area contributed by atoms with Crippen molar-refractivity contribution in [2.24, 2.45) is 5.92 Å². The molecule has 2 aromatic carbocycles. The number of halogens is 2. The first-order chi connectivity index (χ1) is 16.6. The molecule has 0 radical (unpaired) electrons. The Morgan fingerprint density at radius 1 is 1.09 bits per heavy atom. The van der Waals surface area contributed by atoms with E-state index in [0.717, 1.165) is 30.4 Å². The van der Waals surface area contributed by atoms with Gasteiger partial charge < -0.3 is 14.7 Å². The fourth-order valence-electron chi connectivity index (χ4n) is 3.64. The van der Waals surface area contributed by atoms with E-state index in [9.17, 15) is 9.00 Å². The van der Waals surface area contributed by atoms with E-state index in [2.05, 4.69) is 0 Å². The van der Waals surface area contributed by atoms with Gasteiger partial charge in [-0.25, -0.2) is 0 Å². The monoisotopic (exact) mass is 541 g/mol. The maximum Gasteiger partial charge on any atom is 0.300 e. The number of hydrogen-bond donors (Lipinski definition) is 1. The van der Waals surface area contributed by atoms with E-state index in [4.69, 9.17) is 37.8 Å². The number of morpholine rings is 1. The maximum absolute atomic E-state index is 12.6. The Labute approximate surface area is 220 Å². The third-order valence-electron chi connectivity index (χ3n) is 5.50. The third-order valence-corrected chi connectivity index (χ3v) is 7.72. The van der Waals surface area contributed by atoms with E-state index < -0.39 is 16.8 Å². The molecule has 1 saturated heterocycles. The van der Waals surface area contributed by atoms with Crippen LogP contribution in [0.2, 0.25) is 10.0 Å². The Bertz CT molecular complexity index is 963. The van der Waals surface area contributed by atoms with Gasteiger partial charge in [-0.2, -0.15) is 0 Å². The molecule has 9 heteroatoms. The number of benzene rings is 2. The van der Waals surface area contributed by atoms with Gasteiger partial charge >= 0.3 is 0 Å². The summed E-state index contributed by atoms with van der Waals surface area (Å²) in [6, 6.07) is 16.9. The molecule has 3 atom stereocenters. The number of nitrogens with zero attached hydrogens (tertiary/aromatic N) is 1. The molecule has 1 aliphatic heterocycles. The van der Waals surface area contributed by atoms with Crippen LogP contribution in [0.15, 0.2) is 54.6 Å². The SMILES string of the molecule is CC(=O)O.CC(C)S(=O)CC(C1CC1)N1C(=O)COCC1c1ccc(Cl)cc1.Clc1ccccc1. The zero-order valence-electron chi connectivity index (χ0n) is 20.2. The molecule has 1 N–H and O–H groups in total. The highest BCUT2D eigenvalue weighted by Crippen LogP contribution is 2.40. The Morgan fingerprint density at radius 2 is 1.63 bits per heavy atom. The molecule has 0 spiro atoms. The number of hydrogen-bond acceptors (Lipinski definition) is 4. The molecule has 3 unspecified atom stereocenters. The minimum absolute atomic E-state index is 0.00106. The lowest BCUT2D eigenvalue weighted by Crippen LogP contribution is -2.52. The second-order valence-electron chi connectivity index (χ2n) is 8.70. The predicted molar refractivity (Wildman–Crippen MR) is 141 cm³/mol. The van der Waals surface area contributed by atoms with Gasteiger partial charge in [-0.05, 0) is 48.6 Å². The van der Waals surface area contributed by atoms with Crippen molar-refractivity contribution in [3.8, 4) is 0 Å². The van der Waals surface area contributed by atoms with Crippen molar-refractivity contribution in [1.82, 2.24) is 4.90 Å². The summed E-state index contributed by atoms with van der Waals surface area (Å²) in [5, 5.41) is 8.99. The molecule has 6 nitrogen and oxygen atoms in total. The molecule has 1 aliphatic carbocycles. The van der Waals surface area contributed by atoms with Crippen molar-refractivity contribution >= 4 is 45.9 Å². The highest BCUT2D eigenvalue weighted by molar-refractivity contribution is 7.85. The Hall–Kier alpha value is -1.93. The van der Waals surface area contributed by atoms with Gasteiger partial charge in [0.25, 0.3) is 5.97 Å². The molecule has 2 aliphatic rings. The Balaban J connectivity index is 0.000000325. The van der Waals surface area contributed by atoms with Crippen LogP contribution in [0.1, 0.15) is 45.2 Å². The fraction of sp³-hybridized carbons (Fsp3) is 0.462. The average molecular weight is 543 g/mol. The molecule has 4 rings (SSSR count). The lowest BCUT2D eigenvalue weighted by Gasteiger charge is -2.41. The summed E-state index contributed by atoms with van der Waals surface area (Å²) in [5.41, 5.74) is 1.02. The predicted octanol–water partition coefficient (Wildman–Crippen LogP) is 5.61. The van der Waals surface area contributed by atoms with Crippen LogP contribution in [-0.4, -0.2) is 56.4 Å². The van der Waals surface area contributed by atoms with Gasteiger partial charge in [-0.1, -0.05) is 67.4 Å². The maximum atomic E-state index is 12.6. The van der Waals surface area contributed by atoms with Gasteiger partial charge in [0.05, 0.1) is 12.6 Å². The van der Waals surface area contributed by atoms with Crippen molar-refractivity contribution in [1.29, 1.82) is 0 Å². The molecule has 2 fully saturated rings. The number of rotatable bonds is 6. The molecule has 1 amide bonds. The van der Waals surface area contributed by atoms with Crippen LogP contribution in [0.3, 0.4) is 0 Å². The summed E-state index contributed by atoms with van der Waals surface area (Å²) >= 11 is 11.5. The van der Waals surface area contributed by atoms with E-state index in [1.807, 2.05) is 73.3 Å². The zero-order chi connectivity index (χ0) is 26.0. The molecule has 35 heavy (non-hydrogen) atoms.